The molecular formula is C16H23N3O2. The Labute approximate surface area is 125 Å². The molecule has 1 aromatic heterocycles. The summed E-state index contributed by atoms with van der Waals surface area (Å²) in [6.07, 6.45) is 3.55. The molecule has 0 aliphatic rings. The summed E-state index contributed by atoms with van der Waals surface area (Å²) in [7, 11) is 1.66. The highest BCUT2D eigenvalue weighted by atomic mass is 16.5. The number of hydrogen-bond acceptors (Lipinski definition) is 5. The van der Waals surface area contributed by atoms with Gasteiger partial charge >= 0.3 is 0 Å². The van der Waals surface area contributed by atoms with E-state index in [0.29, 0.717) is 18.2 Å². The van der Waals surface area contributed by atoms with Gasteiger partial charge in [0.2, 0.25) is 5.89 Å². The van der Waals surface area contributed by atoms with Gasteiger partial charge in [0.15, 0.2) is 5.82 Å². The second-order valence-electron chi connectivity index (χ2n) is 5.35. The van der Waals surface area contributed by atoms with E-state index in [1.54, 1.807) is 7.11 Å². The second-order valence-corrected chi connectivity index (χ2v) is 5.35. The van der Waals surface area contributed by atoms with Gasteiger partial charge in [-0.2, -0.15) is 4.98 Å². The molecule has 0 fully saturated rings. The van der Waals surface area contributed by atoms with Crippen LogP contribution in [-0.2, 0) is 12.8 Å². The van der Waals surface area contributed by atoms with Crippen LogP contribution in [0, 0.1) is 5.92 Å². The molecule has 0 aliphatic carbocycles. The van der Waals surface area contributed by atoms with Gasteiger partial charge in [-0.1, -0.05) is 24.2 Å². The summed E-state index contributed by atoms with van der Waals surface area (Å²) in [6, 6.07) is 7.89. The third-order valence-electron chi connectivity index (χ3n) is 3.54. The Bertz CT molecular complexity index is 537. The van der Waals surface area contributed by atoms with Crippen LogP contribution in [0.1, 0.15) is 37.0 Å². The summed E-state index contributed by atoms with van der Waals surface area (Å²) < 4.78 is 10.4. The number of nitrogens with zero attached hydrogens (tertiary/aromatic N) is 2. The Morgan fingerprint density at radius 3 is 2.67 bits per heavy atom. The molecule has 1 heterocycles. The van der Waals surface area contributed by atoms with Crippen molar-refractivity contribution < 1.29 is 9.26 Å². The lowest BCUT2D eigenvalue weighted by Crippen LogP contribution is -2.06. The summed E-state index contributed by atoms with van der Waals surface area (Å²) in [6.45, 7) is 2.93. The van der Waals surface area contributed by atoms with Crippen LogP contribution in [0.5, 0.6) is 5.75 Å². The molecule has 1 unspecified atom stereocenters. The first kappa shape index (κ1) is 15.5. The van der Waals surface area contributed by atoms with Crippen LogP contribution < -0.4 is 10.5 Å². The van der Waals surface area contributed by atoms with Crippen LogP contribution in [0.25, 0.3) is 0 Å². The molecule has 0 amide bonds. The zero-order valence-electron chi connectivity index (χ0n) is 12.7. The highest BCUT2D eigenvalue weighted by Crippen LogP contribution is 2.15. The van der Waals surface area contributed by atoms with Crippen molar-refractivity contribution in [1.82, 2.24) is 10.1 Å². The molecule has 5 heteroatoms. The first-order valence-corrected chi connectivity index (χ1v) is 7.35. The molecule has 2 rings (SSSR count). The lowest BCUT2D eigenvalue weighted by atomic mass is 10.0. The fraction of sp³-hybridized carbons (Fsp3) is 0.500. The van der Waals surface area contributed by atoms with E-state index in [2.05, 4.69) is 17.1 Å². The highest BCUT2D eigenvalue weighted by Gasteiger charge is 2.09. The molecule has 0 aliphatic heterocycles. The van der Waals surface area contributed by atoms with Crippen molar-refractivity contribution >= 4 is 0 Å². The first-order valence-electron chi connectivity index (χ1n) is 7.35. The molecule has 5 nitrogen and oxygen atoms in total. The van der Waals surface area contributed by atoms with Crippen LogP contribution >= 0.6 is 0 Å². The van der Waals surface area contributed by atoms with Crippen molar-refractivity contribution in [2.45, 2.75) is 32.6 Å². The zero-order valence-corrected chi connectivity index (χ0v) is 12.7. The van der Waals surface area contributed by atoms with E-state index in [1.165, 1.54) is 0 Å². The SMILES string of the molecule is COc1ccc(Cc2noc(CCC(C)CCN)n2)cc1. The quantitative estimate of drug-likeness (QED) is 0.808. The van der Waals surface area contributed by atoms with E-state index < -0.39 is 0 Å². The second kappa shape index (κ2) is 7.78. The van der Waals surface area contributed by atoms with Gasteiger partial charge in [-0.15, -0.1) is 0 Å². The Balaban J connectivity index is 1.87. The molecule has 1 aromatic carbocycles. The van der Waals surface area contributed by atoms with Gasteiger partial charge < -0.3 is 15.0 Å². The van der Waals surface area contributed by atoms with Gasteiger partial charge in [0.05, 0.1) is 7.11 Å². The van der Waals surface area contributed by atoms with Crippen LogP contribution in [0.3, 0.4) is 0 Å². The predicted molar refractivity (Wildman–Crippen MR) is 81.3 cm³/mol. The van der Waals surface area contributed by atoms with E-state index in [9.17, 15) is 0 Å². The predicted octanol–water partition coefficient (Wildman–Crippen LogP) is 2.59. The summed E-state index contributed by atoms with van der Waals surface area (Å²) >= 11 is 0. The number of ether oxygens (including phenoxy) is 1. The van der Waals surface area contributed by atoms with Gasteiger partial charge in [0, 0.05) is 12.8 Å². The summed E-state index contributed by atoms with van der Waals surface area (Å²) in [4.78, 5) is 4.44. The average Bonchev–Trinajstić information content (AvgIpc) is 2.94. The Morgan fingerprint density at radius 1 is 1.24 bits per heavy atom. The minimum absolute atomic E-state index is 0.590. The van der Waals surface area contributed by atoms with Gasteiger partial charge in [0.1, 0.15) is 5.75 Å². The monoisotopic (exact) mass is 289 g/mol. The zero-order chi connectivity index (χ0) is 15.1. The van der Waals surface area contributed by atoms with Gasteiger partial charge in [-0.05, 0) is 43.0 Å². The third-order valence-corrected chi connectivity index (χ3v) is 3.54. The standard InChI is InChI=1S/C16H23N3O2/c1-12(9-10-17)3-8-16-18-15(19-21-16)11-13-4-6-14(20-2)7-5-13/h4-7,12H,3,8-11,17H2,1-2H3. The fourth-order valence-corrected chi connectivity index (χ4v) is 2.19. The maximum absolute atomic E-state index is 5.55. The largest absolute Gasteiger partial charge is 0.497 e. The van der Waals surface area contributed by atoms with E-state index in [0.717, 1.165) is 42.9 Å². The summed E-state index contributed by atoms with van der Waals surface area (Å²) in [5.74, 6) is 2.87. The van der Waals surface area contributed by atoms with E-state index in [-0.39, 0.29) is 0 Å². The third kappa shape index (κ3) is 4.86. The minimum Gasteiger partial charge on any atom is -0.497 e. The smallest absolute Gasteiger partial charge is 0.226 e. The average molecular weight is 289 g/mol. The maximum Gasteiger partial charge on any atom is 0.226 e. The topological polar surface area (TPSA) is 74.2 Å². The molecule has 2 N–H and O–H groups in total. The van der Waals surface area contributed by atoms with Crippen molar-refractivity contribution in [3.8, 4) is 5.75 Å². The van der Waals surface area contributed by atoms with Crippen molar-refractivity contribution in [3.63, 3.8) is 0 Å². The van der Waals surface area contributed by atoms with Crippen molar-refractivity contribution in [1.29, 1.82) is 0 Å². The van der Waals surface area contributed by atoms with Crippen LogP contribution in [0.2, 0.25) is 0 Å². The number of methoxy groups -OCH3 is 1. The Hall–Kier alpha value is -1.88. The Morgan fingerprint density at radius 2 is 2.00 bits per heavy atom. The van der Waals surface area contributed by atoms with Crippen molar-refractivity contribution in [3.05, 3.63) is 41.5 Å². The molecule has 0 saturated heterocycles. The van der Waals surface area contributed by atoms with E-state index in [4.69, 9.17) is 15.0 Å². The van der Waals surface area contributed by atoms with E-state index in [1.807, 2.05) is 24.3 Å². The number of benzene rings is 1. The Kier molecular flexibility index (Phi) is 5.75. The number of hydrogen-bond donors (Lipinski definition) is 1. The minimum atomic E-state index is 0.590. The number of aromatic nitrogens is 2. The molecule has 2 aromatic rings. The van der Waals surface area contributed by atoms with Crippen molar-refractivity contribution in [2.24, 2.45) is 11.7 Å². The van der Waals surface area contributed by atoms with Crippen LogP contribution in [0.15, 0.2) is 28.8 Å². The molecule has 1 atom stereocenters. The molecule has 114 valence electrons. The normalized spacial score (nSPS) is 12.3. The lowest BCUT2D eigenvalue weighted by molar-refractivity contribution is 0.358. The van der Waals surface area contributed by atoms with Crippen LogP contribution in [0.4, 0.5) is 0 Å². The molecule has 0 saturated carbocycles. The van der Waals surface area contributed by atoms with Gasteiger partial charge in [-0.3, -0.25) is 0 Å². The number of rotatable bonds is 8. The molecule has 0 spiro atoms. The molecule has 21 heavy (non-hydrogen) atoms. The highest BCUT2D eigenvalue weighted by molar-refractivity contribution is 5.28. The molecule has 0 bridgehead atoms. The summed E-state index contributed by atoms with van der Waals surface area (Å²) in [5, 5.41) is 4.04. The van der Waals surface area contributed by atoms with Crippen molar-refractivity contribution in [2.75, 3.05) is 13.7 Å². The fourth-order valence-electron chi connectivity index (χ4n) is 2.19. The lowest BCUT2D eigenvalue weighted by Gasteiger charge is -2.06. The van der Waals surface area contributed by atoms with E-state index >= 15 is 0 Å². The van der Waals surface area contributed by atoms with Gasteiger partial charge in [-0.25, -0.2) is 0 Å². The molecule has 0 radical (unpaired) electrons. The first-order chi connectivity index (χ1) is 10.2. The van der Waals surface area contributed by atoms with Crippen LogP contribution in [-0.4, -0.2) is 23.8 Å². The maximum atomic E-state index is 5.55. The summed E-state index contributed by atoms with van der Waals surface area (Å²) in [5.41, 5.74) is 6.69. The number of nitrogens with two attached hydrogens (primary N) is 1. The van der Waals surface area contributed by atoms with Gasteiger partial charge in [0.25, 0.3) is 0 Å². The molecular weight excluding hydrogens is 266 g/mol. The number of aryl methyl sites for hydroxylation is 1.